The van der Waals surface area contributed by atoms with E-state index in [4.69, 9.17) is 10.5 Å². The number of carbonyl (C=O) groups excluding carboxylic acids is 1. The van der Waals surface area contributed by atoms with E-state index in [9.17, 15) is 13.2 Å². The van der Waals surface area contributed by atoms with Crippen molar-refractivity contribution in [2.75, 3.05) is 32.8 Å². The molecule has 1 aliphatic heterocycles. The molecule has 22 heavy (non-hydrogen) atoms. The lowest BCUT2D eigenvalue weighted by atomic mass is 10.2. The van der Waals surface area contributed by atoms with Gasteiger partial charge in [0.1, 0.15) is 9.77 Å². The third-order valence-electron chi connectivity index (χ3n) is 3.31. The Balaban J connectivity index is 2.12. The Morgan fingerprint density at radius 2 is 2.18 bits per heavy atom. The third-order valence-corrected chi connectivity index (χ3v) is 6.29. The Labute approximate surface area is 134 Å². The summed E-state index contributed by atoms with van der Waals surface area (Å²) in [6, 6.07) is 1.47. The largest absolute Gasteiger partial charge is 0.379 e. The lowest BCUT2D eigenvalue weighted by Crippen LogP contribution is -2.41. The molecule has 0 aromatic carbocycles. The van der Waals surface area contributed by atoms with Crippen LogP contribution in [0.25, 0.3) is 0 Å². The van der Waals surface area contributed by atoms with Gasteiger partial charge in [0.05, 0.1) is 13.2 Å². The van der Waals surface area contributed by atoms with Crippen LogP contribution in [0.2, 0.25) is 0 Å². The van der Waals surface area contributed by atoms with E-state index in [0.29, 0.717) is 39.3 Å². The lowest BCUT2D eigenvalue weighted by molar-refractivity contribution is 0.0730. The average molecular weight is 347 g/mol. The van der Waals surface area contributed by atoms with Gasteiger partial charge < -0.3 is 15.8 Å². The summed E-state index contributed by atoms with van der Waals surface area (Å²) in [6.07, 6.45) is 0.642. The molecule has 0 saturated carbocycles. The number of nitrogens with zero attached hydrogens (tertiary/aromatic N) is 1. The molecule has 0 bridgehead atoms. The molecule has 124 valence electrons. The maximum absolute atomic E-state index is 12.6. The molecule has 3 N–H and O–H groups in total. The van der Waals surface area contributed by atoms with Crippen molar-refractivity contribution in [1.82, 2.24) is 9.62 Å². The lowest BCUT2D eigenvalue weighted by Gasteiger charge is -2.26. The predicted octanol–water partition coefficient (Wildman–Crippen LogP) is 0.236. The van der Waals surface area contributed by atoms with Gasteiger partial charge in [0.2, 0.25) is 10.0 Å². The first kappa shape index (κ1) is 17.4. The second-order valence-corrected chi connectivity index (χ2v) is 7.97. The van der Waals surface area contributed by atoms with Crippen LogP contribution in [0.4, 0.5) is 0 Å². The van der Waals surface area contributed by atoms with Crippen LogP contribution in [0, 0.1) is 0 Å². The monoisotopic (exact) mass is 347 g/mol. The Morgan fingerprint density at radius 3 is 2.82 bits per heavy atom. The van der Waals surface area contributed by atoms with Gasteiger partial charge in [-0.1, -0.05) is 0 Å². The van der Waals surface area contributed by atoms with Gasteiger partial charge in [-0.15, -0.1) is 11.3 Å². The van der Waals surface area contributed by atoms with Gasteiger partial charge in [-0.05, 0) is 24.8 Å². The van der Waals surface area contributed by atoms with E-state index < -0.39 is 10.0 Å². The van der Waals surface area contributed by atoms with Crippen LogP contribution in [-0.4, -0.2) is 57.5 Å². The summed E-state index contributed by atoms with van der Waals surface area (Å²) < 4.78 is 31.8. The number of hydrogen-bond donors (Lipinski definition) is 2. The van der Waals surface area contributed by atoms with Gasteiger partial charge in [-0.3, -0.25) is 4.79 Å². The maximum Gasteiger partial charge on any atom is 0.262 e. The van der Waals surface area contributed by atoms with Gasteiger partial charge in [0, 0.05) is 25.7 Å². The molecular formula is C13H21N3O4S2. The van der Waals surface area contributed by atoms with Gasteiger partial charge in [0.15, 0.2) is 0 Å². The van der Waals surface area contributed by atoms with Gasteiger partial charge in [-0.2, -0.15) is 4.31 Å². The van der Waals surface area contributed by atoms with Crippen LogP contribution in [-0.2, 0) is 14.8 Å². The summed E-state index contributed by atoms with van der Waals surface area (Å²) in [5.41, 5.74) is 5.63. The molecule has 1 amide bonds. The molecule has 1 aromatic rings. The molecule has 0 radical (unpaired) electrons. The molecule has 1 atom stereocenters. The van der Waals surface area contributed by atoms with E-state index in [0.717, 1.165) is 11.3 Å². The Kier molecular flexibility index (Phi) is 5.93. The number of hydrogen-bond acceptors (Lipinski definition) is 6. The first-order valence-corrected chi connectivity index (χ1v) is 9.44. The molecule has 1 aliphatic rings. The van der Waals surface area contributed by atoms with Crippen molar-refractivity contribution in [3.63, 3.8) is 0 Å². The number of ether oxygens (including phenoxy) is 1. The van der Waals surface area contributed by atoms with Crippen LogP contribution in [0.15, 0.2) is 16.3 Å². The molecular weight excluding hydrogens is 326 g/mol. The fourth-order valence-electron chi connectivity index (χ4n) is 2.09. The highest BCUT2D eigenvalue weighted by Crippen LogP contribution is 2.25. The van der Waals surface area contributed by atoms with Crippen LogP contribution < -0.4 is 11.1 Å². The van der Waals surface area contributed by atoms with E-state index >= 15 is 0 Å². The Hall–Kier alpha value is -1.00. The normalized spacial score (nSPS) is 18.1. The first-order chi connectivity index (χ1) is 10.4. The molecule has 0 spiro atoms. The van der Waals surface area contributed by atoms with Crippen molar-refractivity contribution >= 4 is 27.3 Å². The summed E-state index contributed by atoms with van der Waals surface area (Å²) in [6.45, 7) is 3.64. The summed E-state index contributed by atoms with van der Waals surface area (Å²) in [5, 5.41) is 4.33. The zero-order valence-corrected chi connectivity index (χ0v) is 14.1. The zero-order valence-electron chi connectivity index (χ0n) is 12.4. The van der Waals surface area contributed by atoms with Crippen LogP contribution in [0.5, 0.6) is 0 Å². The number of rotatable bonds is 6. The highest BCUT2D eigenvalue weighted by atomic mass is 32.2. The van der Waals surface area contributed by atoms with Crippen molar-refractivity contribution in [2.45, 2.75) is 24.3 Å². The minimum Gasteiger partial charge on any atom is -0.379 e. The molecule has 9 heteroatoms. The second kappa shape index (κ2) is 7.51. The SMILES string of the molecule is CC(N)CCNC(=O)c1sccc1S(=O)(=O)N1CCOCC1. The highest BCUT2D eigenvalue weighted by molar-refractivity contribution is 7.89. The molecule has 2 heterocycles. The fraction of sp³-hybridized carbons (Fsp3) is 0.615. The van der Waals surface area contributed by atoms with Crippen LogP contribution >= 0.6 is 11.3 Å². The first-order valence-electron chi connectivity index (χ1n) is 7.12. The number of thiophene rings is 1. The second-order valence-electron chi connectivity index (χ2n) is 5.15. The van der Waals surface area contributed by atoms with Crippen LogP contribution in [0.1, 0.15) is 23.0 Å². The molecule has 0 aliphatic carbocycles. The number of amides is 1. The molecule has 1 unspecified atom stereocenters. The van der Waals surface area contributed by atoms with E-state index in [2.05, 4.69) is 5.32 Å². The summed E-state index contributed by atoms with van der Waals surface area (Å²) in [5.74, 6) is -0.373. The molecule has 2 rings (SSSR count). The van der Waals surface area contributed by atoms with Crippen molar-refractivity contribution in [3.05, 3.63) is 16.3 Å². The molecule has 7 nitrogen and oxygen atoms in total. The number of morpholine rings is 1. The molecule has 1 saturated heterocycles. The smallest absolute Gasteiger partial charge is 0.262 e. The van der Waals surface area contributed by atoms with Crippen molar-refractivity contribution in [3.8, 4) is 0 Å². The number of nitrogens with one attached hydrogen (secondary N) is 1. The van der Waals surface area contributed by atoms with Crippen molar-refractivity contribution in [1.29, 1.82) is 0 Å². The number of carbonyl (C=O) groups is 1. The zero-order chi connectivity index (χ0) is 16.2. The minimum atomic E-state index is -3.66. The van der Waals surface area contributed by atoms with E-state index in [1.54, 1.807) is 5.38 Å². The summed E-state index contributed by atoms with van der Waals surface area (Å²) >= 11 is 1.13. The average Bonchev–Trinajstić information content (AvgIpc) is 2.98. The standard InChI is InChI=1S/C13H21N3O4S2/c1-10(14)2-4-15-13(17)12-11(3-9-21-12)22(18,19)16-5-7-20-8-6-16/h3,9-10H,2,4-8,14H2,1H3,(H,15,17). The van der Waals surface area contributed by atoms with Crippen molar-refractivity contribution < 1.29 is 17.9 Å². The quantitative estimate of drug-likeness (QED) is 0.767. The van der Waals surface area contributed by atoms with Gasteiger partial charge in [-0.25, -0.2) is 8.42 Å². The summed E-state index contributed by atoms with van der Waals surface area (Å²) in [7, 11) is -3.66. The highest BCUT2D eigenvalue weighted by Gasteiger charge is 2.31. The number of nitrogens with two attached hydrogens (primary N) is 1. The van der Waals surface area contributed by atoms with Crippen molar-refractivity contribution in [2.24, 2.45) is 5.73 Å². The van der Waals surface area contributed by atoms with Gasteiger partial charge in [0.25, 0.3) is 5.91 Å². The molecule has 1 fully saturated rings. The molecule has 1 aromatic heterocycles. The Bertz CT molecular complexity index is 607. The van der Waals surface area contributed by atoms with E-state index in [-0.39, 0.29) is 21.7 Å². The topological polar surface area (TPSA) is 102 Å². The predicted molar refractivity (Wildman–Crippen MR) is 84.5 cm³/mol. The maximum atomic E-state index is 12.6. The van der Waals surface area contributed by atoms with Gasteiger partial charge >= 0.3 is 0 Å². The summed E-state index contributed by atoms with van der Waals surface area (Å²) in [4.78, 5) is 12.5. The van der Waals surface area contributed by atoms with Crippen LogP contribution in [0.3, 0.4) is 0 Å². The Morgan fingerprint density at radius 1 is 1.50 bits per heavy atom. The fourth-order valence-corrected chi connectivity index (χ4v) is 4.81. The minimum absolute atomic E-state index is 0.0137. The van der Waals surface area contributed by atoms with E-state index in [1.807, 2.05) is 6.92 Å². The van der Waals surface area contributed by atoms with E-state index in [1.165, 1.54) is 10.4 Å². The third kappa shape index (κ3) is 4.05. The number of sulfonamides is 1.